The van der Waals surface area contributed by atoms with Crippen LogP contribution in [-0.2, 0) is 14.3 Å². The van der Waals surface area contributed by atoms with E-state index >= 15 is 0 Å². The number of aliphatic carboxylic acids is 1. The van der Waals surface area contributed by atoms with Crippen LogP contribution in [0.15, 0.2) is 34.1 Å². The summed E-state index contributed by atoms with van der Waals surface area (Å²) >= 11 is 6.14. The highest BCUT2D eigenvalue weighted by molar-refractivity contribution is 8.26. The van der Waals surface area contributed by atoms with Crippen LogP contribution in [0.1, 0.15) is 19.4 Å². The Balaban J connectivity index is 1.85. The number of carboxylic acid groups (broad SMARTS) is 1. The van der Waals surface area contributed by atoms with Crippen LogP contribution >= 0.6 is 24.0 Å². The molecule has 2 fully saturated rings. The maximum absolute atomic E-state index is 13.3. The van der Waals surface area contributed by atoms with E-state index in [1.54, 1.807) is 24.4 Å². The van der Waals surface area contributed by atoms with Gasteiger partial charge in [0.15, 0.2) is 0 Å². The van der Waals surface area contributed by atoms with E-state index in [-0.39, 0.29) is 32.6 Å². The lowest BCUT2D eigenvalue weighted by Gasteiger charge is -2.36. The average molecular weight is 461 g/mol. The van der Waals surface area contributed by atoms with Gasteiger partial charge in [-0.15, -0.1) is 0 Å². The predicted molar refractivity (Wildman–Crippen MR) is 121 cm³/mol. The third kappa shape index (κ3) is 4.21. The summed E-state index contributed by atoms with van der Waals surface area (Å²) in [7, 11) is 0. The first kappa shape index (κ1) is 21.5. The lowest BCUT2D eigenvalue weighted by Crippen LogP contribution is -2.46. The first-order chi connectivity index (χ1) is 14.7. The van der Waals surface area contributed by atoms with Crippen LogP contribution in [0, 0.1) is 0 Å². The number of hydrogen-bond acceptors (Lipinski definition) is 8. The Hall–Kier alpha value is -2.76. The maximum Gasteiger partial charge on any atom is 0.323 e. The number of carbonyl (C=O) groups is 2. The largest absolute Gasteiger partial charge is 0.480 e. The number of pyridine rings is 1. The molecule has 2 saturated heterocycles. The molecule has 9 nitrogen and oxygen atoms in total. The van der Waals surface area contributed by atoms with Crippen molar-refractivity contribution >= 4 is 57.7 Å². The van der Waals surface area contributed by atoms with E-state index in [1.807, 2.05) is 18.7 Å². The predicted octanol–water partition coefficient (Wildman–Crippen LogP) is 1.59. The molecule has 4 heterocycles. The van der Waals surface area contributed by atoms with Crippen LogP contribution in [0.5, 0.6) is 0 Å². The van der Waals surface area contributed by atoms with E-state index in [9.17, 15) is 14.4 Å². The van der Waals surface area contributed by atoms with Gasteiger partial charge in [-0.05, 0) is 32.1 Å². The summed E-state index contributed by atoms with van der Waals surface area (Å²) in [5.41, 5.74) is 0.418. The first-order valence-electron chi connectivity index (χ1n) is 9.63. The number of thiocarbonyl (C=S) groups is 1. The number of carboxylic acids is 1. The van der Waals surface area contributed by atoms with Gasteiger partial charge in [-0.1, -0.05) is 30.0 Å². The van der Waals surface area contributed by atoms with Crippen LogP contribution in [0.25, 0.3) is 11.7 Å². The zero-order valence-electron chi connectivity index (χ0n) is 16.8. The number of morpholine rings is 1. The van der Waals surface area contributed by atoms with E-state index in [4.69, 9.17) is 27.0 Å². The minimum Gasteiger partial charge on any atom is -0.480 e. The van der Waals surface area contributed by atoms with Crippen molar-refractivity contribution in [1.82, 2.24) is 14.3 Å². The normalized spacial score (nSPS) is 23.2. The molecule has 1 N–H and O–H groups in total. The number of hydrogen-bond donors (Lipinski definition) is 1. The molecule has 2 aromatic rings. The van der Waals surface area contributed by atoms with Crippen molar-refractivity contribution in [3.63, 3.8) is 0 Å². The molecule has 11 heteroatoms. The van der Waals surface area contributed by atoms with E-state index in [1.165, 1.54) is 10.5 Å². The number of anilines is 1. The second-order valence-electron chi connectivity index (χ2n) is 7.41. The zero-order valence-corrected chi connectivity index (χ0v) is 18.5. The van der Waals surface area contributed by atoms with Crippen molar-refractivity contribution in [2.45, 2.75) is 26.1 Å². The van der Waals surface area contributed by atoms with E-state index in [2.05, 4.69) is 0 Å². The Morgan fingerprint density at radius 1 is 1.32 bits per heavy atom. The molecular formula is C20H20N4O5S2. The van der Waals surface area contributed by atoms with Gasteiger partial charge in [-0.2, -0.15) is 0 Å². The molecule has 2 aromatic heterocycles. The third-order valence-corrected chi connectivity index (χ3v) is 6.29. The number of rotatable bonds is 4. The molecule has 2 unspecified atom stereocenters. The fourth-order valence-corrected chi connectivity index (χ4v) is 4.95. The third-order valence-electron chi connectivity index (χ3n) is 4.91. The van der Waals surface area contributed by atoms with E-state index in [0.29, 0.717) is 24.6 Å². The van der Waals surface area contributed by atoms with Gasteiger partial charge < -0.3 is 14.7 Å². The molecule has 2 aliphatic heterocycles. The van der Waals surface area contributed by atoms with Gasteiger partial charge in [-0.25, -0.2) is 4.98 Å². The Kier molecular flexibility index (Phi) is 5.82. The Morgan fingerprint density at radius 2 is 2.03 bits per heavy atom. The van der Waals surface area contributed by atoms with Gasteiger partial charge in [0.1, 0.15) is 22.3 Å². The SMILES string of the molecule is CC1CN(c2nc3ccccn3c(=O)c2/C=C2/SC(=S)N(CC(=O)O)C2=O)CC(C)O1. The molecule has 0 radical (unpaired) electrons. The topological polar surface area (TPSA) is 104 Å². The number of thioether (sulfide) groups is 1. The minimum atomic E-state index is -1.16. The molecule has 2 atom stereocenters. The molecule has 1 amide bonds. The number of nitrogens with zero attached hydrogens (tertiary/aromatic N) is 4. The van der Waals surface area contributed by atoms with Gasteiger partial charge in [0.05, 0.1) is 22.7 Å². The monoisotopic (exact) mass is 460 g/mol. The van der Waals surface area contributed by atoms with Crippen molar-refractivity contribution in [1.29, 1.82) is 0 Å². The fourth-order valence-electron chi connectivity index (χ4n) is 3.71. The molecule has 2 aliphatic rings. The van der Waals surface area contributed by atoms with Gasteiger partial charge in [-0.3, -0.25) is 23.7 Å². The number of carbonyl (C=O) groups excluding carboxylic acids is 1. The van der Waals surface area contributed by atoms with Crippen molar-refractivity contribution in [2.75, 3.05) is 24.5 Å². The second-order valence-corrected chi connectivity index (χ2v) is 9.08. The van der Waals surface area contributed by atoms with Crippen LogP contribution in [0.2, 0.25) is 0 Å². The number of aromatic nitrogens is 2. The van der Waals surface area contributed by atoms with Gasteiger partial charge in [0.2, 0.25) is 0 Å². The molecule has 162 valence electrons. The van der Waals surface area contributed by atoms with E-state index < -0.39 is 18.4 Å². The average Bonchev–Trinajstić information content (AvgIpc) is 2.96. The van der Waals surface area contributed by atoms with Crippen molar-refractivity contribution in [3.8, 4) is 0 Å². The van der Waals surface area contributed by atoms with Crippen LogP contribution in [0.4, 0.5) is 5.82 Å². The van der Waals surface area contributed by atoms with Gasteiger partial charge >= 0.3 is 5.97 Å². The lowest BCUT2D eigenvalue weighted by molar-refractivity contribution is -0.140. The molecule has 4 rings (SSSR count). The Labute approximate surface area is 187 Å². The van der Waals surface area contributed by atoms with Crippen molar-refractivity contribution < 1.29 is 19.4 Å². The summed E-state index contributed by atoms with van der Waals surface area (Å²) in [6.45, 7) is 4.46. The number of ether oxygens (including phenoxy) is 1. The van der Waals surface area contributed by atoms with Crippen molar-refractivity contribution in [3.05, 3.63) is 45.2 Å². The molecule has 0 aliphatic carbocycles. The quantitative estimate of drug-likeness (QED) is 0.538. The highest BCUT2D eigenvalue weighted by Gasteiger charge is 2.34. The summed E-state index contributed by atoms with van der Waals surface area (Å²) in [5.74, 6) is -1.24. The summed E-state index contributed by atoms with van der Waals surface area (Å²) in [4.78, 5) is 45.1. The summed E-state index contributed by atoms with van der Waals surface area (Å²) < 4.78 is 7.36. The summed E-state index contributed by atoms with van der Waals surface area (Å²) in [6.07, 6.45) is 2.98. The molecule has 0 aromatic carbocycles. The molecule has 0 bridgehead atoms. The smallest absolute Gasteiger partial charge is 0.323 e. The second kappa shape index (κ2) is 8.40. The van der Waals surface area contributed by atoms with E-state index in [0.717, 1.165) is 16.7 Å². The number of amides is 1. The zero-order chi connectivity index (χ0) is 22.3. The van der Waals surface area contributed by atoms with Crippen molar-refractivity contribution in [2.24, 2.45) is 0 Å². The standard InChI is InChI=1S/C20H20N4O5S2/c1-11-8-22(9-12(2)29-11)17-13(18(27)23-6-4-3-5-15(23)21-17)7-14-19(28)24(10-16(25)26)20(30)31-14/h3-7,11-12H,8-10H2,1-2H3,(H,25,26)/b14-7+. The summed E-state index contributed by atoms with van der Waals surface area (Å²) in [5, 5.41) is 9.05. The first-order valence-corrected chi connectivity index (χ1v) is 10.9. The maximum atomic E-state index is 13.3. The van der Waals surface area contributed by atoms with Crippen LogP contribution in [0.3, 0.4) is 0 Å². The highest BCUT2D eigenvalue weighted by Crippen LogP contribution is 2.33. The Morgan fingerprint density at radius 3 is 2.71 bits per heavy atom. The Bertz CT molecular complexity index is 1170. The summed E-state index contributed by atoms with van der Waals surface area (Å²) in [6, 6.07) is 5.27. The molecule has 31 heavy (non-hydrogen) atoms. The van der Waals surface area contributed by atoms with Gasteiger partial charge in [0.25, 0.3) is 11.5 Å². The fraction of sp³-hybridized carbons (Fsp3) is 0.350. The van der Waals surface area contributed by atoms with Crippen LogP contribution < -0.4 is 10.5 Å². The highest BCUT2D eigenvalue weighted by atomic mass is 32.2. The molecular weight excluding hydrogens is 440 g/mol. The minimum absolute atomic E-state index is 0.0543. The van der Waals surface area contributed by atoms with Crippen LogP contribution in [-0.4, -0.2) is 67.4 Å². The lowest BCUT2D eigenvalue weighted by atomic mass is 10.2. The number of fused-ring (bicyclic) bond motifs is 1. The molecule has 0 saturated carbocycles. The molecule has 0 spiro atoms. The van der Waals surface area contributed by atoms with Gasteiger partial charge in [0, 0.05) is 19.3 Å².